The van der Waals surface area contributed by atoms with Crippen LogP contribution in [0.4, 0.5) is 4.79 Å². The molecule has 1 unspecified atom stereocenters. The van der Waals surface area contributed by atoms with Gasteiger partial charge in [-0.25, -0.2) is 13.2 Å². The van der Waals surface area contributed by atoms with Crippen LogP contribution in [0.5, 0.6) is 0 Å². The highest BCUT2D eigenvalue weighted by atomic mass is 32.2. The molecule has 0 radical (unpaired) electrons. The number of urea groups is 1. The minimum Gasteiger partial charge on any atom is -0.381 e. The van der Waals surface area contributed by atoms with E-state index < -0.39 is 85.5 Å². The van der Waals surface area contributed by atoms with Gasteiger partial charge in [-0.1, -0.05) is 40.0 Å². The first-order valence-corrected chi connectivity index (χ1v) is 18.4. The molecule has 5 amide bonds. The molecule has 14 nitrogen and oxygen atoms in total. The summed E-state index contributed by atoms with van der Waals surface area (Å²) in [6.07, 6.45) is 2.23. The van der Waals surface area contributed by atoms with Gasteiger partial charge in [0.05, 0.1) is 29.1 Å². The fraction of sp³-hybridized carbons (Fsp3) is 0.875. The molecule has 2 aliphatic heterocycles. The number of aliphatic hydroxyl groups is 1. The number of carbonyl (C=O) groups excluding carboxylic acids is 4. The monoisotopic (exact) mass is 685 g/mol. The van der Waals surface area contributed by atoms with E-state index in [-0.39, 0.29) is 24.9 Å². The van der Waals surface area contributed by atoms with Crippen molar-refractivity contribution in [3.05, 3.63) is 0 Å². The normalized spacial score (nSPS) is 26.9. The van der Waals surface area contributed by atoms with Crippen molar-refractivity contribution in [3.8, 4) is 0 Å². The third-order valence-corrected chi connectivity index (χ3v) is 12.3. The van der Waals surface area contributed by atoms with Crippen LogP contribution in [0.1, 0.15) is 100 Å². The molecule has 15 heteroatoms. The van der Waals surface area contributed by atoms with Crippen molar-refractivity contribution in [2.75, 3.05) is 18.8 Å². The van der Waals surface area contributed by atoms with E-state index in [0.717, 1.165) is 32.1 Å². The summed E-state index contributed by atoms with van der Waals surface area (Å²) >= 11 is 0. The first-order valence-electron chi connectivity index (χ1n) is 16.8. The zero-order valence-electron chi connectivity index (χ0n) is 29.1. The Labute approximate surface area is 278 Å². The van der Waals surface area contributed by atoms with Crippen molar-refractivity contribution in [2.24, 2.45) is 5.41 Å². The number of amides is 5. The number of fused-ring (bicyclic) bond motifs is 1. The summed E-state index contributed by atoms with van der Waals surface area (Å²) in [5.41, 5.74) is -1.80. The van der Waals surface area contributed by atoms with Crippen molar-refractivity contribution >= 4 is 33.6 Å². The number of rotatable bonds is 10. The van der Waals surface area contributed by atoms with E-state index in [2.05, 4.69) is 21.3 Å². The van der Waals surface area contributed by atoms with Gasteiger partial charge in [-0.2, -0.15) is 0 Å². The molecular weight excluding hydrogens is 630 g/mol. The Morgan fingerprint density at radius 3 is 2.15 bits per heavy atom. The zero-order chi connectivity index (χ0) is 35.2. The number of ether oxygens (including phenoxy) is 2. The molecule has 0 aromatic heterocycles. The summed E-state index contributed by atoms with van der Waals surface area (Å²) in [5.74, 6) is -2.97. The minimum absolute atomic E-state index is 0.0133. The van der Waals surface area contributed by atoms with Crippen LogP contribution in [0.3, 0.4) is 0 Å². The van der Waals surface area contributed by atoms with Crippen LogP contribution >= 0.6 is 0 Å². The maximum atomic E-state index is 14.3. The predicted molar refractivity (Wildman–Crippen MR) is 174 cm³/mol. The van der Waals surface area contributed by atoms with Crippen LogP contribution in [0, 0.1) is 5.41 Å². The number of hydrogen-bond donors (Lipinski definition) is 5. The summed E-state index contributed by atoms with van der Waals surface area (Å²) < 4.78 is 37.6. The molecule has 2 saturated heterocycles. The second-order valence-corrected chi connectivity index (χ2v) is 19.0. The Balaban J connectivity index is 1.52. The number of likely N-dealkylation sites (tertiary alicyclic amines) is 1. The standard InChI is InChI=1S/C32H55N5O9S/c1-29(2,3)24(35-28(42)36-32(14-10-9-11-15-32)18-47(43,44)30(4,5)6)27(41)37-17-21-23(46-31(7,8)45-21)22(37)26(40)33-16-20(38)25(39)34-19-12-13-19/h19-24,38H,9-18H2,1-8H3,(H,33,40)(H,34,39)(H2,35,36,42)/t20?,21-,22-,23-,24+/m0/s1. The highest BCUT2D eigenvalue weighted by Crippen LogP contribution is 2.38. The Kier molecular flexibility index (Phi) is 10.7. The molecule has 5 N–H and O–H groups in total. The zero-order valence-corrected chi connectivity index (χ0v) is 29.9. The first kappa shape index (κ1) is 37.3. The van der Waals surface area contributed by atoms with Crippen LogP contribution in [0.25, 0.3) is 0 Å². The van der Waals surface area contributed by atoms with Crippen LogP contribution in [0.2, 0.25) is 0 Å². The fourth-order valence-corrected chi connectivity index (χ4v) is 8.05. The Morgan fingerprint density at radius 1 is 0.979 bits per heavy atom. The van der Waals surface area contributed by atoms with E-state index in [4.69, 9.17) is 9.47 Å². The van der Waals surface area contributed by atoms with Crippen molar-refractivity contribution in [3.63, 3.8) is 0 Å². The van der Waals surface area contributed by atoms with Crippen LogP contribution in [-0.4, -0.2) is 114 Å². The van der Waals surface area contributed by atoms with Gasteiger partial charge in [0.1, 0.15) is 30.4 Å². The lowest BCUT2D eigenvalue weighted by Gasteiger charge is -2.41. The molecule has 4 aliphatic rings. The highest BCUT2D eigenvalue weighted by molar-refractivity contribution is 7.92. The van der Waals surface area contributed by atoms with E-state index >= 15 is 0 Å². The molecule has 0 spiro atoms. The van der Waals surface area contributed by atoms with Gasteiger partial charge < -0.3 is 40.7 Å². The SMILES string of the molecule is CC1(C)O[C@H]2[C@H](CN(C(=O)[C@@H](NC(=O)NC3(CS(=O)(=O)C(C)(C)C)CCCCC3)C(C)(C)C)[C@@H]2C(=O)NCC(O)C(=O)NC2CC2)O1. The van der Waals surface area contributed by atoms with Gasteiger partial charge in [-0.3, -0.25) is 14.4 Å². The molecule has 0 bridgehead atoms. The molecule has 4 rings (SSSR count). The van der Waals surface area contributed by atoms with E-state index in [1.165, 1.54) is 4.90 Å². The van der Waals surface area contributed by atoms with E-state index in [1.807, 2.05) is 0 Å². The topological polar surface area (TPSA) is 192 Å². The minimum atomic E-state index is -3.58. The Bertz CT molecular complexity index is 1310. The number of aliphatic hydroxyl groups excluding tert-OH is 1. The second-order valence-electron chi connectivity index (χ2n) is 16.2. The summed E-state index contributed by atoms with van der Waals surface area (Å²) in [6, 6.07) is -2.90. The summed E-state index contributed by atoms with van der Waals surface area (Å²) in [6.45, 7) is 13.4. The molecule has 47 heavy (non-hydrogen) atoms. The van der Waals surface area contributed by atoms with Gasteiger partial charge in [0.25, 0.3) is 5.91 Å². The van der Waals surface area contributed by atoms with Gasteiger partial charge >= 0.3 is 6.03 Å². The summed E-state index contributed by atoms with van der Waals surface area (Å²) in [7, 11) is -3.58. The van der Waals surface area contributed by atoms with Crippen molar-refractivity contribution < 1.29 is 42.2 Å². The Morgan fingerprint density at radius 2 is 1.60 bits per heavy atom. The van der Waals surface area contributed by atoms with E-state index in [9.17, 15) is 32.7 Å². The lowest BCUT2D eigenvalue weighted by atomic mass is 9.83. The van der Waals surface area contributed by atoms with Crippen molar-refractivity contribution in [2.45, 2.75) is 153 Å². The van der Waals surface area contributed by atoms with Gasteiger partial charge in [0.15, 0.2) is 15.6 Å². The van der Waals surface area contributed by atoms with Gasteiger partial charge in [0.2, 0.25) is 11.8 Å². The number of hydrogen-bond acceptors (Lipinski definition) is 9. The first-order chi connectivity index (χ1) is 21.5. The summed E-state index contributed by atoms with van der Waals surface area (Å²) in [5, 5.41) is 21.4. The lowest BCUT2D eigenvalue weighted by molar-refractivity contribution is -0.171. The highest BCUT2D eigenvalue weighted by Gasteiger charge is 2.58. The number of sulfone groups is 1. The van der Waals surface area contributed by atoms with Gasteiger partial charge in [-0.15, -0.1) is 0 Å². The van der Waals surface area contributed by atoms with E-state index in [0.29, 0.717) is 12.8 Å². The molecule has 2 aliphatic carbocycles. The number of nitrogens with one attached hydrogen (secondary N) is 4. The molecule has 5 atom stereocenters. The smallest absolute Gasteiger partial charge is 0.315 e. The number of nitrogens with zero attached hydrogens (tertiary/aromatic N) is 1. The predicted octanol–water partition coefficient (Wildman–Crippen LogP) is 1.10. The van der Waals surface area contributed by atoms with Gasteiger partial charge in [-0.05, 0) is 65.7 Å². The third-order valence-electron chi connectivity index (χ3n) is 9.47. The molecule has 0 aromatic carbocycles. The molecule has 4 fully saturated rings. The molecule has 2 saturated carbocycles. The average Bonchev–Trinajstić information content (AvgIpc) is 3.60. The maximum absolute atomic E-state index is 14.3. The van der Waals surface area contributed by atoms with Crippen LogP contribution in [0.15, 0.2) is 0 Å². The fourth-order valence-electron chi connectivity index (χ4n) is 6.53. The molecule has 268 valence electrons. The average molecular weight is 686 g/mol. The third kappa shape index (κ3) is 8.95. The molecule has 0 aromatic rings. The largest absolute Gasteiger partial charge is 0.381 e. The van der Waals surface area contributed by atoms with Gasteiger partial charge in [0, 0.05) is 6.04 Å². The quantitative estimate of drug-likeness (QED) is 0.224. The van der Waals surface area contributed by atoms with E-state index in [1.54, 1.807) is 55.4 Å². The molecular formula is C32H55N5O9S. The van der Waals surface area contributed by atoms with Crippen LogP contribution < -0.4 is 21.3 Å². The van der Waals surface area contributed by atoms with Crippen LogP contribution in [-0.2, 0) is 33.7 Å². The molecule has 2 heterocycles. The maximum Gasteiger partial charge on any atom is 0.315 e. The lowest BCUT2D eigenvalue weighted by Crippen LogP contribution is -2.64. The number of carbonyl (C=O) groups is 4. The second kappa shape index (κ2) is 13.4. The van der Waals surface area contributed by atoms with Crippen molar-refractivity contribution in [1.29, 1.82) is 0 Å². The van der Waals surface area contributed by atoms with Crippen molar-refractivity contribution in [1.82, 2.24) is 26.2 Å². The Hall–Kier alpha value is -2.49. The summed E-state index contributed by atoms with van der Waals surface area (Å²) in [4.78, 5) is 55.2.